The van der Waals surface area contributed by atoms with Crippen molar-refractivity contribution < 1.29 is 0 Å². The molecule has 0 unspecified atom stereocenters. The summed E-state index contributed by atoms with van der Waals surface area (Å²) in [6, 6.07) is 7.07. The highest BCUT2D eigenvalue weighted by atomic mass is 15.1. The van der Waals surface area contributed by atoms with E-state index < -0.39 is 0 Å². The predicted octanol–water partition coefficient (Wildman–Crippen LogP) is 3.37. The molecule has 0 saturated carbocycles. The van der Waals surface area contributed by atoms with Crippen LogP contribution in [0.25, 0.3) is 0 Å². The van der Waals surface area contributed by atoms with Gasteiger partial charge in [-0.2, -0.15) is 0 Å². The van der Waals surface area contributed by atoms with Crippen LogP contribution in [-0.2, 0) is 6.42 Å². The molecule has 1 aliphatic rings. The maximum Gasteiger partial charge on any atom is -0.00159 e. The third-order valence-electron chi connectivity index (χ3n) is 3.94. The molecule has 1 nitrogen and oxygen atoms in total. The van der Waals surface area contributed by atoms with Gasteiger partial charge >= 0.3 is 0 Å². The fourth-order valence-electron chi connectivity index (χ4n) is 2.67. The van der Waals surface area contributed by atoms with Crippen LogP contribution < -0.4 is 0 Å². The molecule has 16 heavy (non-hydrogen) atoms. The summed E-state index contributed by atoms with van der Waals surface area (Å²) in [4.78, 5) is 2.44. The highest BCUT2D eigenvalue weighted by molar-refractivity contribution is 5.33. The van der Waals surface area contributed by atoms with E-state index in [2.05, 4.69) is 44.0 Å². The number of rotatable bonds is 2. The molecule has 1 aromatic carbocycles. The van der Waals surface area contributed by atoms with E-state index in [4.69, 9.17) is 0 Å². The van der Waals surface area contributed by atoms with Crippen molar-refractivity contribution in [3.8, 4) is 0 Å². The van der Waals surface area contributed by atoms with E-state index in [-0.39, 0.29) is 0 Å². The molecule has 0 aliphatic carbocycles. The summed E-state index contributed by atoms with van der Waals surface area (Å²) >= 11 is 0. The Hall–Kier alpha value is -0.820. The number of hydrogen-bond acceptors (Lipinski definition) is 1. The number of nitrogens with zero attached hydrogens (tertiary/aromatic N) is 1. The van der Waals surface area contributed by atoms with Crippen molar-refractivity contribution in [2.24, 2.45) is 0 Å². The molecule has 0 amide bonds. The first kappa shape index (κ1) is 11.7. The second-order valence-electron chi connectivity index (χ2n) is 5.12. The molecule has 0 spiro atoms. The van der Waals surface area contributed by atoms with Gasteiger partial charge in [0.05, 0.1) is 0 Å². The maximum absolute atomic E-state index is 2.44. The molecular weight excluding hydrogens is 194 g/mol. The maximum atomic E-state index is 2.44. The number of benzene rings is 1. The topological polar surface area (TPSA) is 3.24 Å². The summed E-state index contributed by atoms with van der Waals surface area (Å²) < 4.78 is 0. The second-order valence-corrected chi connectivity index (χ2v) is 5.12. The van der Waals surface area contributed by atoms with Crippen LogP contribution in [0.4, 0.5) is 0 Å². The average Bonchev–Trinajstić information content (AvgIpc) is 2.31. The SMILES string of the molecule is CCc1cc(C2CCN(C)CC2)ccc1C. The largest absolute Gasteiger partial charge is 0.306 e. The van der Waals surface area contributed by atoms with Gasteiger partial charge in [-0.3, -0.25) is 0 Å². The predicted molar refractivity (Wildman–Crippen MR) is 70.0 cm³/mol. The lowest BCUT2D eigenvalue weighted by molar-refractivity contribution is 0.255. The van der Waals surface area contributed by atoms with Gasteiger partial charge in [-0.15, -0.1) is 0 Å². The molecule has 1 saturated heterocycles. The summed E-state index contributed by atoms with van der Waals surface area (Å²) in [5, 5.41) is 0. The second kappa shape index (κ2) is 5.01. The smallest absolute Gasteiger partial charge is 0.00159 e. The third kappa shape index (κ3) is 2.46. The molecule has 0 aromatic heterocycles. The minimum atomic E-state index is 0.794. The van der Waals surface area contributed by atoms with Crippen molar-refractivity contribution in [3.05, 3.63) is 34.9 Å². The van der Waals surface area contributed by atoms with Crippen LogP contribution in [0.15, 0.2) is 18.2 Å². The van der Waals surface area contributed by atoms with E-state index in [1.807, 2.05) is 0 Å². The first-order valence-electron chi connectivity index (χ1n) is 6.48. The Morgan fingerprint density at radius 1 is 1.25 bits per heavy atom. The highest BCUT2D eigenvalue weighted by Gasteiger charge is 2.18. The van der Waals surface area contributed by atoms with E-state index in [1.54, 1.807) is 5.56 Å². The van der Waals surface area contributed by atoms with Gasteiger partial charge in [-0.05, 0) is 68.9 Å². The zero-order valence-electron chi connectivity index (χ0n) is 10.8. The first-order chi connectivity index (χ1) is 7.70. The summed E-state index contributed by atoms with van der Waals surface area (Å²) in [7, 11) is 2.23. The first-order valence-corrected chi connectivity index (χ1v) is 6.48. The van der Waals surface area contributed by atoms with Gasteiger partial charge < -0.3 is 4.90 Å². The van der Waals surface area contributed by atoms with Crippen LogP contribution in [0.2, 0.25) is 0 Å². The van der Waals surface area contributed by atoms with E-state index in [0.717, 1.165) is 12.3 Å². The number of likely N-dealkylation sites (tertiary alicyclic amines) is 1. The molecule has 1 aromatic rings. The Morgan fingerprint density at radius 2 is 1.94 bits per heavy atom. The van der Waals surface area contributed by atoms with Crippen LogP contribution in [-0.4, -0.2) is 25.0 Å². The molecule has 1 aliphatic heterocycles. The van der Waals surface area contributed by atoms with E-state index in [1.165, 1.54) is 37.1 Å². The van der Waals surface area contributed by atoms with Gasteiger partial charge in [0, 0.05) is 0 Å². The van der Waals surface area contributed by atoms with Crippen molar-refractivity contribution in [1.82, 2.24) is 4.90 Å². The Kier molecular flexibility index (Phi) is 3.65. The van der Waals surface area contributed by atoms with Crippen LogP contribution in [0.5, 0.6) is 0 Å². The van der Waals surface area contributed by atoms with Gasteiger partial charge in [-0.25, -0.2) is 0 Å². The van der Waals surface area contributed by atoms with Crippen molar-refractivity contribution in [3.63, 3.8) is 0 Å². The third-order valence-corrected chi connectivity index (χ3v) is 3.94. The Bertz CT molecular complexity index is 348. The van der Waals surface area contributed by atoms with Crippen LogP contribution >= 0.6 is 0 Å². The Balaban J connectivity index is 2.14. The number of piperidine rings is 1. The minimum Gasteiger partial charge on any atom is -0.306 e. The molecule has 0 atom stereocenters. The van der Waals surface area contributed by atoms with Crippen LogP contribution in [0, 0.1) is 6.92 Å². The Morgan fingerprint density at radius 3 is 2.56 bits per heavy atom. The average molecular weight is 217 g/mol. The lowest BCUT2D eigenvalue weighted by Crippen LogP contribution is -2.29. The lowest BCUT2D eigenvalue weighted by Gasteiger charge is -2.29. The quantitative estimate of drug-likeness (QED) is 0.734. The lowest BCUT2D eigenvalue weighted by atomic mass is 9.87. The number of hydrogen-bond donors (Lipinski definition) is 0. The highest BCUT2D eigenvalue weighted by Crippen LogP contribution is 2.28. The van der Waals surface area contributed by atoms with E-state index >= 15 is 0 Å². The van der Waals surface area contributed by atoms with Gasteiger partial charge in [0.2, 0.25) is 0 Å². The summed E-state index contributed by atoms with van der Waals surface area (Å²) in [6.07, 6.45) is 3.80. The summed E-state index contributed by atoms with van der Waals surface area (Å²) in [5.74, 6) is 0.794. The van der Waals surface area contributed by atoms with Gasteiger partial charge in [0.25, 0.3) is 0 Å². The molecule has 0 bridgehead atoms. The van der Waals surface area contributed by atoms with Gasteiger partial charge in [0.1, 0.15) is 0 Å². The molecule has 2 rings (SSSR count). The molecule has 1 heteroatoms. The van der Waals surface area contributed by atoms with Gasteiger partial charge in [-0.1, -0.05) is 25.1 Å². The Labute approximate surface area is 99.5 Å². The molecule has 0 N–H and O–H groups in total. The zero-order valence-corrected chi connectivity index (χ0v) is 10.8. The summed E-state index contributed by atoms with van der Waals surface area (Å²) in [6.45, 7) is 6.97. The molecule has 88 valence electrons. The minimum absolute atomic E-state index is 0.794. The number of aryl methyl sites for hydroxylation is 2. The molecule has 0 radical (unpaired) electrons. The van der Waals surface area contributed by atoms with E-state index in [0.29, 0.717) is 0 Å². The monoisotopic (exact) mass is 217 g/mol. The normalized spacial score (nSPS) is 18.9. The van der Waals surface area contributed by atoms with Crippen LogP contribution in [0.1, 0.15) is 42.4 Å². The summed E-state index contributed by atoms with van der Waals surface area (Å²) in [5.41, 5.74) is 4.53. The van der Waals surface area contributed by atoms with Crippen LogP contribution in [0.3, 0.4) is 0 Å². The molecule has 1 heterocycles. The fourth-order valence-corrected chi connectivity index (χ4v) is 2.67. The van der Waals surface area contributed by atoms with E-state index in [9.17, 15) is 0 Å². The van der Waals surface area contributed by atoms with Crippen molar-refractivity contribution in [1.29, 1.82) is 0 Å². The van der Waals surface area contributed by atoms with Crippen molar-refractivity contribution in [2.45, 2.75) is 39.0 Å². The van der Waals surface area contributed by atoms with Gasteiger partial charge in [0.15, 0.2) is 0 Å². The standard InChI is InChI=1S/C15H23N/c1-4-13-11-15(6-5-12(13)2)14-7-9-16(3)10-8-14/h5-6,11,14H,4,7-10H2,1-3H3. The van der Waals surface area contributed by atoms with Crippen molar-refractivity contribution in [2.75, 3.05) is 20.1 Å². The van der Waals surface area contributed by atoms with Crippen molar-refractivity contribution >= 4 is 0 Å². The molecule has 1 fully saturated rings. The fraction of sp³-hybridized carbons (Fsp3) is 0.600. The zero-order chi connectivity index (χ0) is 11.5. The molecular formula is C15H23N.